The first-order valence-electron chi connectivity index (χ1n) is 13.0. The maximum absolute atomic E-state index is 15.4. The number of rotatable bonds is 11. The van der Waals surface area contributed by atoms with Gasteiger partial charge in [-0.25, -0.2) is 4.39 Å². The summed E-state index contributed by atoms with van der Waals surface area (Å²) in [5.74, 6) is 1.54. The van der Waals surface area contributed by atoms with Gasteiger partial charge in [0.1, 0.15) is 11.9 Å². The number of halogens is 4. The van der Waals surface area contributed by atoms with Gasteiger partial charge in [-0.3, -0.25) is 4.98 Å². The van der Waals surface area contributed by atoms with Crippen LogP contribution >= 0.6 is 11.8 Å². The van der Waals surface area contributed by atoms with Gasteiger partial charge in [0.25, 0.3) is 0 Å². The molecule has 0 saturated carbocycles. The van der Waals surface area contributed by atoms with Crippen molar-refractivity contribution in [2.45, 2.75) is 42.9 Å². The summed E-state index contributed by atoms with van der Waals surface area (Å²) in [6.45, 7) is 2.37. The molecule has 2 aromatic carbocycles. The van der Waals surface area contributed by atoms with E-state index in [9.17, 15) is 18.3 Å². The zero-order chi connectivity index (χ0) is 27.1. The Labute approximate surface area is 225 Å². The van der Waals surface area contributed by atoms with Crippen LogP contribution in [0.1, 0.15) is 43.0 Å². The lowest BCUT2D eigenvalue weighted by molar-refractivity contribution is -0.139. The van der Waals surface area contributed by atoms with Crippen molar-refractivity contribution in [2.75, 3.05) is 39.1 Å². The predicted molar refractivity (Wildman–Crippen MR) is 143 cm³/mol. The number of nitrogens with zero attached hydrogens (tertiary/aromatic N) is 2. The lowest BCUT2D eigenvalue weighted by Crippen LogP contribution is -2.42. The smallest absolute Gasteiger partial charge is 0.417 e. The van der Waals surface area contributed by atoms with Crippen molar-refractivity contribution in [3.8, 4) is 5.75 Å². The second-order valence-electron chi connectivity index (χ2n) is 9.82. The van der Waals surface area contributed by atoms with Crippen LogP contribution in [0.4, 0.5) is 17.6 Å². The van der Waals surface area contributed by atoms with Gasteiger partial charge in [-0.2, -0.15) is 13.2 Å². The number of fused-ring (bicyclic) bond motifs is 1. The second-order valence-corrected chi connectivity index (χ2v) is 11.0. The van der Waals surface area contributed by atoms with E-state index in [4.69, 9.17) is 4.74 Å². The third kappa shape index (κ3) is 7.18. The molecule has 0 aliphatic carbocycles. The van der Waals surface area contributed by atoms with Crippen LogP contribution in [-0.2, 0) is 6.18 Å². The van der Waals surface area contributed by atoms with Crippen LogP contribution in [0.15, 0.2) is 59.6 Å². The second kappa shape index (κ2) is 13.1. The molecule has 3 atom stereocenters. The summed E-state index contributed by atoms with van der Waals surface area (Å²) in [5.41, 5.74) is 0.750. The van der Waals surface area contributed by atoms with Crippen molar-refractivity contribution in [1.82, 2.24) is 9.88 Å². The molecule has 1 saturated heterocycles. The van der Waals surface area contributed by atoms with E-state index in [1.54, 1.807) is 25.4 Å². The molecule has 0 spiro atoms. The first kappa shape index (κ1) is 28.6. The van der Waals surface area contributed by atoms with Crippen molar-refractivity contribution in [3.05, 3.63) is 65.9 Å². The van der Waals surface area contributed by atoms with Crippen molar-refractivity contribution >= 4 is 22.7 Å². The Bertz CT molecular complexity index is 1190. The first-order valence-corrected chi connectivity index (χ1v) is 14.0. The Kier molecular flexibility index (Phi) is 9.90. The summed E-state index contributed by atoms with van der Waals surface area (Å²) >= 11 is 1.23. The van der Waals surface area contributed by atoms with Gasteiger partial charge >= 0.3 is 6.18 Å². The zero-order valence-electron chi connectivity index (χ0n) is 21.5. The van der Waals surface area contributed by atoms with Crippen LogP contribution < -0.4 is 4.74 Å². The lowest BCUT2D eigenvalue weighted by atomic mass is 9.81. The lowest BCUT2D eigenvalue weighted by Gasteiger charge is -2.38. The number of alkyl halides is 4. The van der Waals surface area contributed by atoms with Gasteiger partial charge in [-0.05, 0) is 98.3 Å². The number of aromatic nitrogens is 1. The predicted octanol–water partition coefficient (Wildman–Crippen LogP) is 7.17. The Morgan fingerprint density at radius 3 is 2.74 bits per heavy atom. The number of pyridine rings is 1. The maximum atomic E-state index is 15.4. The average molecular weight is 551 g/mol. The minimum atomic E-state index is -4.35. The molecule has 0 amide bonds. The van der Waals surface area contributed by atoms with Crippen molar-refractivity contribution in [1.29, 1.82) is 0 Å². The highest BCUT2D eigenvalue weighted by atomic mass is 32.2. The number of aliphatic hydroxyl groups excluding tert-OH is 1. The molecule has 2 heterocycles. The molecule has 3 aromatic rings. The van der Waals surface area contributed by atoms with Crippen LogP contribution in [0, 0.1) is 11.8 Å². The van der Waals surface area contributed by atoms with Crippen LogP contribution in [0.2, 0.25) is 0 Å². The molecule has 4 nitrogen and oxygen atoms in total. The van der Waals surface area contributed by atoms with Gasteiger partial charge in [-0.1, -0.05) is 12.1 Å². The van der Waals surface area contributed by atoms with Gasteiger partial charge in [0.15, 0.2) is 0 Å². The van der Waals surface area contributed by atoms with E-state index in [0.29, 0.717) is 29.9 Å². The minimum absolute atomic E-state index is 0.0429. The van der Waals surface area contributed by atoms with E-state index in [-0.39, 0.29) is 23.3 Å². The Morgan fingerprint density at radius 2 is 1.97 bits per heavy atom. The molecule has 1 fully saturated rings. The summed E-state index contributed by atoms with van der Waals surface area (Å²) in [4.78, 5) is 6.86. The fourth-order valence-electron chi connectivity index (χ4n) is 5.31. The minimum Gasteiger partial charge on any atom is -0.497 e. The number of aliphatic hydroxyl groups is 1. The van der Waals surface area contributed by atoms with E-state index in [1.165, 1.54) is 23.9 Å². The van der Waals surface area contributed by atoms with Gasteiger partial charge in [0.05, 0.1) is 18.2 Å². The molecule has 38 heavy (non-hydrogen) atoms. The molecular weight excluding hydrogens is 516 g/mol. The van der Waals surface area contributed by atoms with Gasteiger partial charge in [0, 0.05) is 29.6 Å². The summed E-state index contributed by atoms with van der Waals surface area (Å²) < 4.78 is 60.3. The molecule has 206 valence electrons. The molecule has 1 N–H and O–H groups in total. The van der Waals surface area contributed by atoms with Crippen LogP contribution in [0.3, 0.4) is 0 Å². The number of ether oxygens (including phenoxy) is 1. The molecule has 1 aliphatic rings. The number of piperidine rings is 1. The summed E-state index contributed by atoms with van der Waals surface area (Å²) in [6, 6.07) is 12.9. The topological polar surface area (TPSA) is 45.6 Å². The normalized spacial score (nSPS) is 19.5. The maximum Gasteiger partial charge on any atom is 0.417 e. The first-order chi connectivity index (χ1) is 18.3. The highest BCUT2D eigenvalue weighted by molar-refractivity contribution is 7.99. The highest BCUT2D eigenvalue weighted by Crippen LogP contribution is 2.37. The summed E-state index contributed by atoms with van der Waals surface area (Å²) in [7, 11) is 1.58. The fourth-order valence-corrected chi connectivity index (χ4v) is 6.31. The van der Waals surface area contributed by atoms with E-state index in [0.717, 1.165) is 49.4 Å². The van der Waals surface area contributed by atoms with Crippen LogP contribution in [0.5, 0.6) is 5.75 Å². The molecular formula is C29H34F4N2O2S. The van der Waals surface area contributed by atoms with Gasteiger partial charge in [-0.15, -0.1) is 11.8 Å². The van der Waals surface area contributed by atoms with E-state index >= 15 is 4.39 Å². The zero-order valence-corrected chi connectivity index (χ0v) is 22.3. The van der Waals surface area contributed by atoms with E-state index in [2.05, 4.69) is 9.88 Å². The summed E-state index contributed by atoms with van der Waals surface area (Å²) in [6.07, 6.45) is -1.19. The summed E-state index contributed by atoms with van der Waals surface area (Å²) in [5, 5.41) is 10.8. The largest absolute Gasteiger partial charge is 0.497 e. The number of methoxy groups -OCH3 is 1. The molecule has 4 rings (SSSR count). The van der Waals surface area contributed by atoms with Crippen molar-refractivity contribution in [2.24, 2.45) is 11.8 Å². The van der Waals surface area contributed by atoms with Crippen molar-refractivity contribution in [3.63, 3.8) is 0 Å². The van der Waals surface area contributed by atoms with Crippen molar-refractivity contribution < 1.29 is 27.4 Å². The van der Waals surface area contributed by atoms with Gasteiger partial charge < -0.3 is 14.7 Å². The highest BCUT2D eigenvalue weighted by Gasteiger charge is 2.33. The molecule has 1 aromatic heterocycles. The number of hydrogen-bond donors (Lipinski definition) is 1. The monoisotopic (exact) mass is 550 g/mol. The number of likely N-dealkylation sites (tertiary alicyclic amines) is 1. The number of hydrogen-bond acceptors (Lipinski definition) is 5. The van der Waals surface area contributed by atoms with E-state index < -0.39 is 17.9 Å². The number of benzene rings is 2. The third-order valence-corrected chi connectivity index (χ3v) is 8.55. The molecule has 1 aliphatic heterocycles. The van der Waals surface area contributed by atoms with Crippen LogP contribution in [-0.4, -0.2) is 54.1 Å². The van der Waals surface area contributed by atoms with Gasteiger partial charge in [0.2, 0.25) is 0 Å². The number of thioether (sulfide) groups is 1. The Balaban J connectivity index is 1.26. The standard InChI is InChI=1S/C29H34F4N2O2S/c1-37-22-8-10-27-24(17-22)23(11-13-34-27)26(30)9-7-20-12-15-35(18-21(20)19-36)14-4-16-38-28-6-3-2-5-25(28)29(31,32)33/h2-3,5-6,8,10-11,13,17,20-21,26,36H,4,7,9,12,14-16,18-19H2,1H3/t20-,21-,26-/m1/s1. The molecule has 0 unspecified atom stereocenters. The Hall–Kier alpha value is -2.36. The van der Waals surface area contributed by atoms with E-state index in [1.807, 2.05) is 18.2 Å². The quantitative estimate of drug-likeness (QED) is 0.156. The SMILES string of the molecule is COc1ccc2nccc([C@H](F)CC[C@@H]3CCN(CCCSc4ccccc4C(F)(F)F)C[C@@H]3CO)c2c1. The molecule has 9 heteroatoms. The fraction of sp³-hybridized carbons (Fsp3) is 0.483. The molecule has 0 bridgehead atoms. The third-order valence-electron chi connectivity index (χ3n) is 7.39. The average Bonchev–Trinajstić information content (AvgIpc) is 2.93. The molecule has 0 radical (unpaired) electrons. The Morgan fingerprint density at radius 1 is 1.16 bits per heavy atom. The van der Waals surface area contributed by atoms with Crippen LogP contribution in [0.25, 0.3) is 10.9 Å².